The zero-order valence-corrected chi connectivity index (χ0v) is 14.9. The van der Waals surface area contributed by atoms with Crippen molar-refractivity contribution in [1.82, 2.24) is 4.98 Å². The molecule has 2 aromatic carbocycles. The highest BCUT2D eigenvalue weighted by Crippen LogP contribution is 2.22. The summed E-state index contributed by atoms with van der Waals surface area (Å²) in [6.07, 6.45) is 1.75. The number of pyridine rings is 1. The van der Waals surface area contributed by atoms with Gasteiger partial charge in [-0.15, -0.1) is 0 Å². The number of benzene rings is 2. The Morgan fingerprint density at radius 1 is 1.04 bits per heavy atom. The van der Waals surface area contributed by atoms with Crippen molar-refractivity contribution in [3.63, 3.8) is 0 Å². The van der Waals surface area contributed by atoms with Crippen LogP contribution in [0.4, 0.5) is 5.69 Å². The van der Waals surface area contributed by atoms with Crippen LogP contribution in [0.25, 0.3) is 11.3 Å². The molecular formula is C22H19N3O2. The minimum absolute atomic E-state index is 0.128. The molecule has 2 heterocycles. The second-order valence-corrected chi connectivity index (χ2v) is 6.39. The van der Waals surface area contributed by atoms with Gasteiger partial charge in [0.2, 0.25) is 5.90 Å². The lowest BCUT2D eigenvalue weighted by Crippen LogP contribution is -2.15. The third-order valence-electron chi connectivity index (χ3n) is 4.31. The molecule has 0 unspecified atom stereocenters. The highest BCUT2D eigenvalue weighted by atomic mass is 16.5. The van der Waals surface area contributed by atoms with Crippen molar-refractivity contribution in [2.24, 2.45) is 4.99 Å². The van der Waals surface area contributed by atoms with Crippen LogP contribution >= 0.6 is 0 Å². The molecule has 1 aliphatic heterocycles. The van der Waals surface area contributed by atoms with Crippen LogP contribution in [0.3, 0.4) is 0 Å². The van der Waals surface area contributed by atoms with E-state index in [0.29, 0.717) is 23.8 Å². The number of hydrogen-bond donors (Lipinski definition) is 1. The van der Waals surface area contributed by atoms with Gasteiger partial charge in [-0.05, 0) is 43.3 Å². The molecule has 1 amide bonds. The summed E-state index contributed by atoms with van der Waals surface area (Å²) in [7, 11) is 0. The lowest BCUT2D eigenvalue weighted by molar-refractivity contribution is 0.102. The van der Waals surface area contributed by atoms with E-state index in [1.54, 1.807) is 18.3 Å². The Labute approximate surface area is 157 Å². The first-order valence-corrected chi connectivity index (χ1v) is 8.83. The summed E-state index contributed by atoms with van der Waals surface area (Å²) in [5.74, 6) is 0.394. The van der Waals surface area contributed by atoms with Gasteiger partial charge in [-0.1, -0.05) is 30.3 Å². The zero-order valence-electron chi connectivity index (χ0n) is 14.9. The highest BCUT2D eigenvalue weighted by Gasteiger charge is 2.19. The molecule has 0 aliphatic carbocycles. The van der Waals surface area contributed by atoms with Crippen LogP contribution in [-0.2, 0) is 4.74 Å². The second-order valence-electron chi connectivity index (χ2n) is 6.39. The molecule has 1 aliphatic rings. The van der Waals surface area contributed by atoms with Gasteiger partial charge >= 0.3 is 0 Å². The second kappa shape index (κ2) is 7.41. The van der Waals surface area contributed by atoms with Gasteiger partial charge < -0.3 is 10.1 Å². The Morgan fingerprint density at radius 2 is 1.81 bits per heavy atom. The van der Waals surface area contributed by atoms with Crippen LogP contribution in [0, 0.1) is 0 Å². The summed E-state index contributed by atoms with van der Waals surface area (Å²) < 4.78 is 5.64. The van der Waals surface area contributed by atoms with Gasteiger partial charge in [-0.2, -0.15) is 0 Å². The molecule has 4 rings (SSSR count). The highest BCUT2D eigenvalue weighted by molar-refractivity contribution is 6.09. The smallest absolute Gasteiger partial charge is 0.255 e. The molecule has 0 fully saturated rings. The van der Waals surface area contributed by atoms with Gasteiger partial charge in [0.1, 0.15) is 6.61 Å². The molecule has 1 aromatic heterocycles. The van der Waals surface area contributed by atoms with E-state index in [1.807, 2.05) is 61.5 Å². The van der Waals surface area contributed by atoms with Crippen LogP contribution in [0.1, 0.15) is 22.8 Å². The maximum atomic E-state index is 12.7. The fourth-order valence-electron chi connectivity index (χ4n) is 2.92. The van der Waals surface area contributed by atoms with Crippen molar-refractivity contribution in [1.29, 1.82) is 0 Å². The van der Waals surface area contributed by atoms with Crippen molar-refractivity contribution >= 4 is 17.5 Å². The molecule has 5 heteroatoms. The van der Waals surface area contributed by atoms with E-state index < -0.39 is 0 Å². The predicted octanol–water partition coefficient (Wildman–Crippen LogP) is 4.17. The number of aliphatic imine (C=N–C) groups is 1. The fourth-order valence-corrected chi connectivity index (χ4v) is 2.92. The third kappa shape index (κ3) is 3.72. The van der Waals surface area contributed by atoms with Crippen molar-refractivity contribution in [2.45, 2.75) is 13.0 Å². The van der Waals surface area contributed by atoms with Crippen LogP contribution in [-0.4, -0.2) is 29.4 Å². The first kappa shape index (κ1) is 17.0. The number of carbonyl (C=O) groups excluding carboxylic acids is 1. The minimum atomic E-state index is -0.179. The van der Waals surface area contributed by atoms with Crippen LogP contribution in [0.2, 0.25) is 0 Å². The largest absolute Gasteiger partial charge is 0.475 e. The van der Waals surface area contributed by atoms with Crippen LogP contribution in [0.15, 0.2) is 77.9 Å². The minimum Gasteiger partial charge on any atom is -0.475 e. The molecule has 1 atom stereocenters. The van der Waals surface area contributed by atoms with Crippen molar-refractivity contribution in [2.75, 3.05) is 11.9 Å². The van der Waals surface area contributed by atoms with Crippen LogP contribution in [0.5, 0.6) is 0 Å². The molecule has 5 nitrogen and oxygen atoms in total. The molecule has 1 N–H and O–H groups in total. The van der Waals surface area contributed by atoms with E-state index in [0.717, 1.165) is 16.8 Å². The van der Waals surface area contributed by atoms with E-state index in [1.165, 1.54) is 0 Å². The number of para-hydroxylation sites is 1. The van der Waals surface area contributed by atoms with Crippen LogP contribution < -0.4 is 5.32 Å². The number of carbonyl (C=O) groups is 1. The summed E-state index contributed by atoms with van der Waals surface area (Å²) in [4.78, 5) is 21.5. The molecule has 3 aromatic rings. The maximum Gasteiger partial charge on any atom is 0.255 e. The zero-order chi connectivity index (χ0) is 18.6. The Bertz CT molecular complexity index is 982. The summed E-state index contributed by atoms with van der Waals surface area (Å²) in [5, 5.41) is 2.96. The molecule has 134 valence electrons. The molecule has 0 radical (unpaired) electrons. The SMILES string of the molecule is C[C@H]1COC(c2ccccc2NC(=O)c2ccc(-c3ccccn3)cc2)=N1. The number of amides is 1. The fraction of sp³-hybridized carbons (Fsp3) is 0.136. The number of nitrogens with zero attached hydrogens (tertiary/aromatic N) is 2. The Balaban J connectivity index is 1.54. The van der Waals surface area contributed by atoms with Gasteiger partial charge in [0, 0.05) is 17.3 Å². The quantitative estimate of drug-likeness (QED) is 0.762. The number of rotatable bonds is 4. The number of aromatic nitrogens is 1. The molecule has 0 bridgehead atoms. The lowest BCUT2D eigenvalue weighted by Gasteiger charge is -2.11. The predicted molar refractivity (Wildman–Crippen MR) is 106 cm³/mol. The first-order chi connectivity index (χ1) is 13.2. The van der Waals surface area contributed by atoms with E-state index in [9.17, 15) is 4.79 Å². The maximum absolute atomic E-state index is 12.7. The third-order valence-corrected chi connectivity index (χ3v) is 4.31. The topological polar surface area (TPSA) is 63.6 Å². The molecule has 0 spiro atoms. The van der Waals surface area contributed by atoms with E-state index >= 15 is 0 Å². The van der Waals surface area contributed by atoms with Gasteiger partial charge in [0.15, 0.2) is 0 Å². The van der Waals surface area contributed by atoms with Gasteiger partial charge in [-0.3, -0.25) is 9.78 Å². The monoisotopic (exact) mass is 357 g/mol. The Morgan fingerprint density at radius 3 is 2.52 bits per heavy atom. The number of nitrogens with one attached hydrogen (secondary N) is 1. The molecular weight excluding hydrogens is 338 g/mol. The normalized spacial score (nSPS) is 15.7. The lowest BCUT2D eigenvalue weighted by atomic mass is 10.1. The van der Waals surface area contributed by atoms with E-state index in [2.05, 4.69) is 15.3 Å². The molecule has 0 saturated carbocycles. The van der Waals surface area contributed by atoms with Crippen molar-refractivity contribution in [3.05, 3.63) is 84.1 Å². The van der Waals surface area contributed by atoms with Gasteiger partial charge in [0.05, 0.1) is 23.0 Å². The number of anilines is 1. The summed E-state index contributed by atoms with van der Waals surface area (Å²) >= 11 is 0. The average Bonchev–Trinajstić information content (AvgIpc) is 3.15. The summed E-state index contributed by atoms with van der Waals surface area (Å²) in [5.41, 5.74) is 3.90. The summed E-state index contributed by atoms with van der Waals surface area (Å²) in [6, 6.07) is 20.8. The van der Waals surface area contributed by atoms with Crippen molar-refractivity contribution < 1.29 is 9.53 Å². The van der Waals surface area contributed by atoms with Gasteiger partial charge in [0.25, 0.3) is 5.91 Å². The summed E-state index contributed by atoms with van der Waals surface area (Å²) in [6.45, 7) is 2.56. The number of ether oxygens (including phenoxy) is 1. The Hall–Kier alpha value is -3.47. The number of hydrogen-bond acceptors (Lipinski definition) is 4. The first-order valence-electron chi connectivity index (χ1n) is 8.83. The van der Waals surface area contributed by atoms with Crippen molar-refractivity contribution in [3.8, 4) is 11.3 Å². The Kier molecular flexibility index (Phi) is 4.66. The standard InChI is InChI=1S/C22H19N3O2/c1-15-14-27-22(24-15)18-6-2-3-8-20(18)25-21(26)17-11-9-16(10-12-17)19-7-4-5-13-23-19/h2-13,15H,14H2,1H3,(H,25,26)/t15-/m0/s1. The average molecular weight is 357 g/mol. The molecule has 0 saturated heterocycles. The van der Waals surface area contributed by atoms with E-state index in [4.69, 9.17) is 4.74 Å². The van der Waals surface area contributed by atoms with E-state index in [-0.39, 0.29) is 11.9 Å². The van der Waals surface area contributed by atoms with Gasteiger partial charge in [-0.25, -0.2) is 4.99 Å². The molecule has 27 heavy (non-hydrogen) atoms.